The lowest BCUT2D eigenvalue weighted by Crippen LogP contribution is -2.04. The summed E-state index contributed by atoms with van der Waals surface area (Å²) in [4.78, 5) is 17.5. The minimum Gasteiger partial charge on any atom is -0.333 e. The van der Waals surface area contributed by atoms with Gasteiger partial charge < -0.3 is 9.13 Å². The van der Waals surface area contributed by atoms with E-state index in [2.05, 4.69) is 34.9 Å². The highest BCUT2D eigenvalue weighted by Crippen LogP contribution is 2.31. The molecular formula is C26H23F3N6. The van der Waals surface area contributed by atoms with Crippen molar-refractivity contribution in [1.29, 1.82) is 0 Å². The van der Waals surface area contributed by atoms with Gasteiger partial charge in [-0.2, -0.15) is 13.2 Å². The Morgan fingerprint density at radius 1 is 0.943 bits per heavy atom. The maximum atomic E-state index is 13.0. The van der Waals surface area contributed by atoms with Gasteiger partial charge in [0.05, 0.1) is 19.1 Å². The van der Waals surface area contributed by atoms with Crippen LogP contribution in [0.2, 0.25) is 0 Å². The molecule has 0 bridgehead atoms. The van der Waals surface area contributed by atoms with Crippen LogP contribution < -0.4 is 0 Å². The van der Waals surface area contributed by atoms with E-state index in [1.54, 1.807) is 31.7 Å². The van der Waals surface area contributed by atoms with Crippen LogP contribution in [0.25, 0.3) is 33.9 Å². The van der Waals surface area contributed by atoms with Crippen LogP contribution in [0.3, 0.4) is 0 Å². The summed E-state index contributed by atoms with van der Waals surface area (Å²) in [5.74, 6) is 1.24. The first-order valence-corrected chi connectivity index (χ1v) is 11.2. The molecule has 0 unspecified atom stereocenters. The summed E-state index contributed by atoms with van der Waals surface area (Å²) in [7, 11) is 1.55. The summed E-state index contributed by atoms with van der Waals surface area (Å²) in [6.07, 6.45) is -0.0299. The molecule has 35 heavy (non-hydrogen) atoms. The van der Waals surface area contributed by atoms with E-state index in [9.17, 15) is 13.2 Å². The van der Waals surface area contributed by atoms with Gasteiger partial charge in [-0.3, -0.25) is 0 Å². The number of rotatable bonds is 5. The molecule has 0 amide bonds. The number of hydrogen-bond acceptors (Lipinski definition) is 4. The Balaban J connectivity index is 1.44. The van der Waals surface area contributed by atoms with Gasteiger partial charge in [-0.05, 0) is 17.0 Å². The van der Waals surface area contributed by atoms with Crippen molar-refractivity contribution in [2.45, 2.75) is 32.5 Å². The molecule has 5 aromatic rings. The molecule has 178 valence electrons. The lowest BCUT2D eigenvalue weighted by molar-refractivity contribution is -0.140. The third-order valence-corrected chi connectivity index (χ3v) is 5.91. The summed E-state index contributed by atoms with van der Waals surface area (Å²) < 4.78 is 42.3. The molecule has 0 aliphatic carbocycles. The zero-order valence-corrected chi connectivity index (χ0v) is 19.5. The zero-order valence-electron chi connectivity index (χ0n) is 19.5. The second kappa shape index (κ2) is 8.65. The molecule has 0 radical (unpaired) electrons. The van der Waals surface area contributed by atoms with Crippen LogP contribution >= 0.6 is 0 Å². The molecule has 0 N–H and O–H groups in total. The maximum Gasteiger partial charge on any atom is 0.434 e. The van der Waals surface area contributed by atoms with E-state index in [-0.39, 0.29) is 5.82 Å². The van der Waals surface area contributed by atoms with Gasteiger partial charge in [-0.15, -0.1) is 0 Å². The van der Waals surface area contributed by atoms with Gasteiger partial charge in [0.15, 0.2) is 17.2 Å². The number of nitrogens with zero attached hydrogens (tertiary/aromatic N) is 6. The van der Waals surface area contributed by atoms with Crippen LogP contribution in [0.4, 0.5) is 13.2 Å². The van der Waals surface area contributed by atoms with Crippen molar-refractivity contribution in [3.63, 3.8) is 0 Å². The fourth-order valence-corrected chi connectivity index (χ4v) is 4.13. The highest BCUT2D eigenvalue weighted by Gasteiger charge is 2.34. The van der Waals surface area contributed by atoms with Crippen molar-refractivity contribution >= 4 is 11.2 Å². The number of aryl methyl sites for hydroxylation is 1. The first-order valence-electron chi connectivity index (χ1n) is 11.2. The predicted molar refractivity (Wildman–Crippen MR) is 128 cm³/mol. The Morgan fingerprint density at radius 3 is 2.37 bits per heavy atom. The largest absolute Gasteiger partial charge is 0.434 e. The van der Waals surface area contributed by atoms with Gasteiger partial charge in [0, 0.05) is 24.4 Å². The van der Waals surface area contributed by atoms with E-state index >= 15 is 0 Å². The van der Waals surface area contributed by atoms with Crippen LogP contribution in [0.15, 0.2) is 67.3 Å². The third-order valence-electron chi connectivity index (χ3n) is 5.91. The van der Waals surface area contributed by atoms with E-state index in [0.717, 1.165) is 23.0 Å². The molecule has 3 heterocycles. The summed E-state index contributed by atoms with van der Waals surface area (Å²) in [6.45, 7) is 4.79. The van der Waals surface area contributed by atoms with Crippen molar-refractivity contribution in [3.05, 3.63) is 84.1 Å². The molecular weight excluding hydrogens is 453 g/mol. The second-order valence-electron chi connectivity index (χ2n) is 8.77. The normalized spacial score (nSPS) is 12.1. The molecule has 6 nitrogen and oxygen atoms in total. The fourth-order valence-electron chi connectivity index (χ4n) is 4.13. The minimum atomic E-state index is -4.48. The smallest absolute Gasteiger partial charge is 0.333 e. The Bertz CT molecular complexity index is 1500. The lowest BCUT2D eigenvalue weighted by atomic mass is 9.97. The number of halogens is 3. The van der Waals surface area contributed by atoms with Gasteiger partial charge in [-0.25, -0.2) is 19.9 Å². The Morgan fingerprint density at radius 2 is 1.69 bits per heavy atom. The molecule has 3 aromatic heterocycles. The molecule has 0 aliphatic rings. The molecule has 0 spiro atoms. The second-order valence-corrected chi connectivity index (χ2v) is 8.77. The summed E-state index contributed by atoms with van der Waals surface area (Å²) in [5, 5.41) is 0. The topological polar surface area (TPSA) is 61.4 Å². The van der Waals surface area contributed by atoms with Crippen molar-refractivity contribution in [1.82, 2.24) is 29.1 Å². The van der Waals surface area contributed by atoms with Gasteiger partial charge in [0.2, 0.25) is 0 Å². The predicted octanol–water partition coefficient (Wildman–Crippen LogP) is 6.08. The monoisotopic (exact) mass is 476 g/mol. The molecule has 0 fully saturated rings. The number of aromatic nitrogens is 6. The molecule has 0 saturated carbocycles. The van der Waals surface area contributed by atoms with Gasteiger partial charge in [-0.1, -0.05) is 62.4 Å². The van der Waals surface area contributed by atoms with Crippen LogP contribution in [-0.2, 0) is 19.8 Å². The number of benzene rings is 2. The Hall–Kier alpha value is -4.01. The van der Waals surface area contributed by atoms with E-state index in [0.29, 0.717) is 29.4 Å². The highest BCUT2D eigenvalue weighted by atomic mass is 19.4. The lowest BCUT2D eigenvalue weighted by Gasteiger charge is -2.11. The Labute approximate surface area is 200 Å². The Kier molecular flexibility index (Phi) is 5.62. The van der Waals surface area contributed by atoms with Crippen LogP contribution in [0, 0.1) is 0 Å². The average molecular weight is 477 g/mol. The summed E-state index contributed by atoms with van der Waals surface area (Å²) in [6, 6.07) is 15.4. The fraction of sp³-hybridized carbons (Fsp3) is 0.231. The van der Waals surface area contributed by atoms with Crippen molar-refractivity contribution in [2.75, 3.05) is 0 Å². The SMILES string of the molecule is CC(C)c1ccccc1-c1ncc2ncn(Cc3ccc(-c4nc(C(F)(F)F)cn4C)cc3)c2n1. The van der Waals surface area contributed by atoms with E-state index < -0.39 is 11.9 Å². The maximum absolute atomic E-state index is 13.0. The summed E-state index contributed by atoms with van der Waals surface area (Å²) in [5.41, 5.74) is 4.25. The van der Waals surface area contributed by atoms with Gasteiger partial charge >= 0.3 is 6.18 Å². The van der Waals surface area contributed by atoms with E-state index in [1.807, 2.05) is 34.9 Å². The zero-order chi connectivity index (χ0) is 24.7. The molecule has 9 heteroatoms. The van der Waals surface area contributed by atoms with Crippen molar-refractivity contribution in [2.24, 2.45) is 7.05 Å². The van der Waals surface area contributed by atoms with Crippen molar-refractivity contribution < 1.29 is 13.2 Å². The van der Waals surface area contributed by atoms with Gasteiger partial charge in [0.25, 0.3) is 0 Å². The van der Waals surface area contributed by atoms with Gasteiger partial charge in [0.1, 0.15) is 11.3 Å². The number of alkyl halides is 3. The molecule has 0 aliphatic heterocycles. The minimum absolute atomic E-state index is 0.262. The first kappa shape index (κ1) is 22.8. The average Bonchev–Trinajstić information content (AvgIpc) is 3.43. The molecule has 0 atom stereocenters. The highest BCUT2D eigenvalue weighted by molar-refractivity contribution is 5.74. The van der Waals surface area contributed by atoms with Crippen LogP contribution in [0.1, 0.15) is 36.6 Å². The van der Waals surface area contributed by atoms with Crippen LogP contribution in [-0.4, -0.2) is 29.1 Å². The van der Waals surface area contributed by atoms with Crippen LogP contribution in [0.5, 0.6) is 0 Å². The third kappa shape index (κ3) is 4.41. The quantitative estimate of drug-likeness (QED) is 0.308. The van der Waals surface area contributed by atoms with E-state index in [4.69, 9.17) is 4.98 Å². The molecule has 0 saturated heterocycles. The van der Waals surface area contributed by atoms with E-state index in [1.165, 1.54) is 10.1 Å². The number of hydrogen-bond donors (Lipinski definition) is 0. The standard InChI is InChI=1S/C26H23F3N6/c1-16(2)19-6-4-5-7-20(19)23-30-12-21-25(33-23)35(15-31-21)13-17-8-10-18(11-9-17)24-32-22(14-34(24)3)26(27,28)29/h4-12,14-16H,13H2,1-3H3. The molecule has 5 rings (SSSR count). The first-order chi connectivity index (χ1) is 16.7. The van der Waals surface area contributed by atoms with Crippen molar-refractivity contribution in [3.8, 4) is 22.8 Å². The summed E-state index contributed by atoms with van der Waals surface area (Å²) >= 11 is 0. The number of fused-ring (bicyclic) bond motifs is 1. The molecule has 2 aromatic carbocycles. The number of imidazole rings is 2.